The summed E-state index contributed by atoms with van der Waals surface area (Å²) in [6.07, 6.45) is 0.638. The first-order valence-electron chi connectivity index (χ1n) is 3.63. The zero-order valence-corrected chi connectivity index (χ0v) is 7.98. The Kier molecular flexibility index (Phi) is 4.33. The summed E-state index contributed by atoms with van der Waals surface area (Å²) in [5.41, 5.74) is 0. The van der Waals surface area contributed by atoms with Crippen molar-refractivity contribution in [3.63, 3.8) is 0 Å². The highest BCUT2D eigenvalue weighted by molar-refractivity contribution is 6.71. The summed E-state index contributed by atoms with van der Waals surface area (Å²) in [7, 11) is -1.45. The molecule has 0 saturated carbocycles. The normalized spacial score (nSPS) is 11.0. The molecule has 0 aliphatic carbocycles. The van der Waals surface area contributed by atoms with Gasteiger partial charge >= 0.3 is 0 Å². The molecule has 0 heterocycles. The molecule has 0 rings (SSSR count). The van der Waals surface area contributed by atoms with Gasteiger partial charge in [0.25, 0.3) is 0 Å². The Hall–Kier alpha value is -0.333. The van der Waals surface area contributed by atoms with E-state index in [4.69, 9.17) is 9.69 Å². The Labute approximate surface area is 63.9 Å². The maximum atomic E-state index is 8.31. The SMILES string of the molecule is CCO[Si](C)(C)CCC#N. The van der Waals surface area contributed by atoms with Gasteiger partial charge < -0.3 is 4.43 Å². The van der Waals surface area contributed by atoms with Crippen LogP contribution in [0.15, 0.2) is 0 Å². The van der Waals surface area contributed by atoms with Crippen molar-refractivity contribution in [2.75, 3.05) is 6.61 Å². The van der Waals surface area contributed by atoms with Gasteiger partial charge in [-0.2, -0.15) is 5.26 Å². The number of nitriles is 1. The molecule has 0 aliphatic heterocycles. The van der Waals surface area contributed by atoms with Crippen molar-refractivity contribution in [3.05, 3.63) is 0 Å². The second-order valence-electron chi connectivity index (χ2n) is 2.85. The molecule has 0 atom stereocenters. The van der Waals surface area contributed by atoms with Crippen LogP contribution >= 0.6 is 0 Å². The van der Waals surface area contributed by atoms with Crippen molar-refractivity contribution in [2.24, 2.45) is 0 Å². The number of hydrogen-bond acceptors (Lipinski definition) is 2. The van der Waals surface area contributed by atoms with Crippen LogP contribution in [0.5, 0.6) is 0 Å². The van der Waals surface area contributed by atoms with Crippen molar-refractivity contribution in [1.82, 2.24) is 0 Å². The van der Waals surface area contributed by atoms with Gasteiger partial charge in [0.1, 0.15) is 0 Å². The first-order chi connectivity index (χ1) is 4.62. The largest absolute Gasteiger partial charge is 0.418 e. The molecule has 0 aromatic heterocycles. The minimum absolute atomic E-state index is 0.638. The lowest BCUT2D eigenvalue weighted by atomic mass is 10.6. The molecule has 0 aromatic rings. The molecule has 0 unspecified atom stereocenters. The zero-order chi connectivity index (χ0) is 8.04. The van der Waals surface area contributed by atoms with Gasteiger partial charge in [0.15, 0.2) is 8.32 Å². The summed E-state index contributed by atoms with van der Waals surface area (Å²) in [5, 5.41) is 8.31. The summed E-state index contributed by atoms with van der Waals surface area (Å²) in [6, 6.07) is 3.09. The van der Waals surface area contributed by atoms with E-state index in [0.717, 1.165) is 12.7 Å². The van der Waals surface area contributed by atoms with E-state index in [0.29, 0.717) is 6.42 Å². The maximum absolute atomic E-state index is 8.31. The molecule has 0 aromatic carbocycles. The fourth-order valence-electron chi connectivity index (χ4n) is 0.820. The van der Waals surface area contributed by atoms with E-state index >= 15 is 0 Å². The van der Waals surface area contributed by atoms with Crippen LogP contribution in [0.25, 0.3) is 0 Å². The molecule has 0 bridgehead atoms. The number of nitrogens with zero attached hydrogens (tertiary/aromatic N) is 1. The van der Waals surface area contributed by atoms with Crippen molar-refractivity contribution in [3.8, 4) is 6.07 Å². The molecule has 58 valence electrons. The standard InChI is InChI=1S/C7H15NOSi/c1-4-9-10(2,3)7-5-6-8/h4-5,7H2,1-3H3. The Balaban J connectivity index is 3.54. The second-order valence-corrected chi connectivity index (χ2v) is 7.16. The molecule has 0 spiro atoms. The van der Waals surface area contributed by atoms with Crippen molar-refractivity contribution in [1.29, 1.82) is 5.26 Å². The monoisotopic (exact) mass is 157 g/mol. The van der Waals surface area contributed by atoms with Crippen LogP contribution in [-0.4, -0.2) is 14.9 Å². The van der Waals surface area contributed by atoms with Gasteiger partial charge in [0.05, 0.1) is 6.07 Å². The molecular weight excluding hydrogens is 142 g/mol. The van der Waals surface area contributed by atoms with Gasteiger partial charge in [0.2, 0.25) is 0 Å². The van der Waals surface area contributed by atoms with E-state index in [1.807, 2.05) is 6.92 Å². The van der Waals surface area contributed by atoms with Gasteiger partial charge in [0, 0.05) is 13.0 Å². The third-order valence-electron chi connectivity index (χ3n) is 1.37. The topological polar surface area (TPSA) is 33.0 Å². The molecule has 3 heteroatoms. The Morgan fingerprint density at radius 3 is 2.50 bits per heavy atom. The lowest BCUT2D eigenvalue weighted by molar-refractivity contribution is 0.329. The van der Waals surface area contributed by atoms with E-state index in [9.17, 15) is 0 Å². The van der Waals surface area contributed by atoms with Crippen LogP contribution in [-0.2, 0) is 4.43 Å². The van der Waals surface area contributed by atoms with Gasteiger partial charge in [-0.1, -0.05) is 0 Å². The average molecular weight is 157 g/mol. The summed E-state index contributed by atoms with van der Waals surface area (Å²) >= 11 is 0. The number of rotatable bonds is 4. The Bertz CT molecular complexity index is 128. The Morgan fingerprint density at radius 1 is 1.50 bits per heavy atom. The van der Waals surface area contributed by atoms with Crippen LogP contribution in [0.4, 0.5) is 0 Å². The smallest absolute Gasteiger partial charge is 0.187 e. The maximum Gasteiger partial charge on any atom is 0.187 e. The van der Waals surface area contributed by atoms with E-state index in [2.05, 4.69) is 19.2 Å². The highest BCUT2D eigenvalue weighted by Crippen LogP contribution is 2.12. The van der Waals surface area contributed by atoms with Crippen LogP contribution in [0, 0.1) is 11.3 Å². The van der Waals surface area contributed by atoms with Crippen LogP contribution in [0.3, 0.4) is 0 Å². The second kappa shape index (κ2) is 4.48. The molecule has 0 N–H and O–H groups in total. The molecule has 10 heavy (non-hydrogen) atoms. The summed E-state index contributed by atoms with van der Waals surface area (Å²) in [4.78, 5) is 0. The van der Waals surface area contributed by atoms with Crippen molar-refractivity contribution >= 4 is 8.32 Å². The molecule has 2 nitrogen and oxygen atoms in total. The van der Waals surface area contributed by atoms with Crippen LogP contribution in [0.1, 0.15) is 13.3 Å². The van der Waals surface area contributed by atoms with Crippen molar-refractivity contribution < 1.29 is 4.43 Å². The van der Waals surface area contributed by atoms with Gasteiger partial charge in [-0.3, -0.25) is 0 Å². The molecule has 0 fully saturated rings. The predicted octanol–water partition coefficient (Wildman–Crippen LogP) is 2.14. The lowest BCUT2D eigenvalue weighted by Gasteiger charge is -2.19. The molecule has 0 aliphatic rings. The first-order valence-corrected chi connectivity index (χ1v) is 6.75. The zero-order valence-electron chi connectivity index (χ0n) is 6.98. The van der Waals surface area contributed by atoms with Gasteiger partial charge in [-0.25, -0.2) is 0 Å². The van der Waals surface area contributed by atoms with E-state index in [1.54, 1.807) is 0 Å². The third kappa shape index (κ3) is 4.54. The molecule has 0 radical (unpaired) electrons. The molecular formula is C7H15NOSi. The highest BCUT2D eigenvalue weighted by Gasteiger charge is 2.20. The van der Waals surface area contributed by atoms with Crippen molar-refractivity contribution in [2.45, 2.75) is 32.5 Å². The summed E-state index contributed by atoms with van der Waals surface area (Å²) in [5.74, 6) is 0. The third-order valence-corrected chi connectivity index (χ3v) is 3.90. The molecule has 0 saturated heterocycles. The van der Waals surface area contributed by atoms with Gasteiger partial charge in [-0.05, 0) is 26.1 Å². The predicted molar refractivity (Wildman–Crippen MR) is 44.1 cm³/mol. The van der Waals surface area contributed by atoms with E-state index in [-0.39, 0.29) is 0 Å². The minimum atomic E-state index is -1.45. The first kappa shape index (κ1) is 9.67. The quantitative estimate of drug-likeness (QED) is 0.586. The fourth-order valence-corrected chi connectivity index (χ4v) is 2.46. The number of hydrogen-bond donors (Lipinski definition) is 0. The molecule has 0 amide bonds. The highest BCUT2D eigenvalue weighted by atomic mass is 28.4. The van der Waals surface area contributed by atoms with Crippen LogP contribution in [0.2, 0.25) is 19.1 Å². The average Bonchev–Trinajstić information content (AvgIpc) is 1.84. The summed E-state index contributed by atoms with van der Waals surface area (Å²) in [6.45, 7) is 7.08. The lowest BCUT2D eigenvalue weighted by Crippen LogP contribution is -2.29. The fraction of sp³-hybridized carbons (Fsp3) is 0.857. The van der Waals surface area contributed by atoms with E-state index < -0.39 is 8.32 Å². The minimum Gasteiger partial charge on any atom is -0.418 e. The summed E-state index contributed by atoms with van der Waals surface area (Å²) < 4.78 is 5.52. The van der Waals surface area contributed by atoms with Crippen LogP contribution < -0.4 is 0 Å². The van der Waals surface area contributed by atoms with Gasteiger partial charge in [-0.15, -0.1) is 0 Å². The Morgan fingerprint density at radius 2 is 2.10 bits per heavy atom. The van der Waals surface area contributed by atoms with E-state index in [1.165, 1.54) is 0 Å².